The average Bonchev–Trinajstić information content (AvgIpc) is 2.82. The normalized spacial score (nSPS) is 11.7. The minimum absolute atomic E-state index is 0.645. The Labute approximate surface area is 128 Å². The van der Waals surface area contributed by atoms with Crippen LogP contribution in [0.3, 0.4) is 0 Å². The third kappa shape index (κ3) is 3.83. The molecule has 0 amide bonds. The van der Waals surface area contributed by atoms with Crippen molar-refractivity contribution in [1.29, 1.82) is 0 Å². The van der Waals surface area contributed by atoms with E-state index in [4.69, 9.17) is 10.7 Å². The first-order chi connectivity index (χ1) is 10.2. The molecule has 0 fully saturated rings. The number of aromatic nitrogens is 2. The van der Waals surface area contributed by atoms with Crippen molar-refractivity contribution in [3.05, 3.63) is 29.6 Å². The molecule has 0 radical (unpaired) electrons. The lowest BCUT2D eigenvalue weighted by Crippen LogP contribution is -2.22. The zero-order valence-electron chi connectivity index (χ0n) is 13.6. The van der Waals surface area contributed by atoms with Crippen molar-refractivity contribution < 1.29 is 0 Å². The standard InChI is InChI=1S/C17H28N4/c1-4-6-10-20(3)13-17-19-15-12-14(5-2)7-8-16(15)21(17)11-9-18/h7-8,12H,4-6,9-11,13,18H2,1-3H3. The Kier molecular flexibility index (Phi) is 5.76. The van der Waals surface area contributed by atoms with Crippen LogP contribution in [-0.4, -0.2) is 34.6 Å². The number of aryl methyl sites for hydroxylation is 1. The fourth-order valence-corrected chi connectivity index (χ4v) is 2.69. The first-order valence-electron chi connectivity index (χ1n) is 8.06. The van der Waals surface area contributed by atoms with Crippen molar-refractivity contribution in [1.82, 2.24) is 14.5 Å². The zero-order chi connectivity index (χ0) is 15.2. The number of nitrogens with zero attached hydrogens (tertiary/aromatic N) is 3. The van der Waals surface area contributed by atoms with Crippen molar-refractivity contribution >= 4 is 11.0 Å². The number of nitrogens with two attached hydrogens (primary N) is 1. The molecule has 4 heteroatoms. The Morgan fingerprint density at radius 3 is 2.76 bits per heavy atom. The second kappa shape index (κ2) is 7.57. The Balaban J connectivity index is 2.30. The van der Waals surface area contributed by atoms with Gasteiger partial charge in [-0.2, -0.15) is 0 Å². The predicted octanol–water partition coefficient (Wildman–Crippen LogP) is 2.79. The van der Waals surface area contributed by atoms with Gasteiger partial charge in [-0.1, -0.05) is 26.3 Å². The monoisotopic (exact) mass is 288 g/mol. The van der Waals surface area contributed by atoms with Crippen molar-refractivity contribution in [3.63, 3.8) is 0 Å². The van der Waals surface area contributed by atoms with Crippen LogP contribution in [0, 0.1) is 0 Å². The molecule has 1 aromatic heterocycles. The Bertz CT molecular complexity index is 573. The summed E-state index contributed by atoms with van der Waals surface area (Å²) in [5, 5.41) is 0. The Morgan fingerprint density at radius 2 is 2.10 bits per heavy atom. The van der Waals surface area contributed by atoms with Gasteiger partial charge in [0.1, 0.15) is 5.82 Å². The van der Waals surface area contributed by atoms with Crippen LogP contribution in [0.1, 0.15) is 38.1 Å². The zero-order valence-corrected chi connectivity index (χ0v) is 13.6. The molecule has 0 aliphatic carbocycles. The summed E-state index contributed by atoms with van der Waals surface area (Å²) in [7, 11) is 2.17. The highest BCUT2D eigenvalue weighted by molar-refractivity contribution is 5.77. The molecule has 0 bridgehead atoms. The average molecular weight is 288 g/mol. The molecular formula is C17H28N4. The molecule has 2 N–H and O–H groups in total. The van der Waals surface area contributed by atoms with E-state index < -0.39 is 0 Å². The van der Waals surface area contributed by atoms with E-state index in [1.165, 1.54) is 23.9 Å². The second-order valence-corrected chi connectivity index (χ2v) is 5.74. The maximum atomic E-state index is 5.78. The van der Waals surface area contributed by atoms with Crippen molar-refractivity contribution in [2.75, 3.05) is 20.1 Å². The van der Waals surface area contributed by atoms with Gasteiger partial charge in [-0.25, -0.2) is 4.98 Å². The van der Waals surface area contributed by atoms with E-state index >= 15 is 0 Å². The number of fused-ring (bicyclic) bond motifs is 1. The molecule has 0 unspecified atom stereocenters. The van der Waals surface area contributed by atoms with Crippen molar-refractivity contribution in [2.24, 2.45) is 5.73 Å². The summed E-state index contributed by atoms with van der Waals surface area (Å²) in [6.45, 7) is 7.88. The molecule has 0 saturated carbocycles. The number of rotatable bonds is 8. The number of hydrogen-bond acceptors (Lipinski definition) is 3. The van der Waals surface area contributed by atoms with Gasteiger partial charge in [0.15, 0.2) is 0 Å². The topological polar surface area (TPSA) is 47.1 Å². The quantitative estimate of drug-likeness (QED) is 0.812. The van der Waals surface area contributed by atoms with E-state index in [2.05, 4.69) is 48.6 Å². The predicted molar refractivity (Wildman–Crippen MR) is 89.4 cm³/mol. The van der Waals surface area contributed by atoms with Crippen LogP contribution < -0.4 is 5.73 Å². The van der Waals surface area contributed by atoms with Crippen molar-refractivity contribution in [2.45, 2.75) is 46.2 Å². The first kappa shape index (κ1) is 16.0. The lowest BCUT2D eigenvalue weighted by Gasteiger charge is -2.16. The van der Waals surface area contributed by atoms with Gasteiger partial charge < -0.3 is 10.3 Å². The SMILES string of the molecule is CCCCN(C)Cc1nc2cc(CC)ccc2n1CCN. The van der Waals surface area contributed by atoms with Gasteiger partial charge in [-0.15, -0.1) is 0 Å². The Morgan fingerprint density at radius 1 is 1.29 bits per heavy atom. The highest BCUT2D eigenvalue weighted by atomic mass is 15.2. The molecule has 0 spiro atoms. The van der Waals surface area contributed by atoms with Crippen LogP contribution in [0.4, 0.5) is 0 Å². The summed E-state index contributed by atoms with van der Waals surface area (Å²) >= 11 is 0. The lowest BCUT2D eigenvalue weighted by atomic mass is 10.1. The fourth-order valence-electron chi connectivity index (χ4n) is 2.69. The highest BCUT2D eigenvalue weighted by Crippen LogP contribution is 2.19. The molecule has 0 aliphatic heterocycles. The maximum absolute atomic E-state index is 5.78. The summed E-state index contributed by atoms with van der Waals surface area (Å²) < 4.78 is 2.28. The van der Waals surface area contributed by atoms with Crippen LogP contribution in [0.25, 0.3) is 11.0 Å². The molecule has 0 aliphatic rings. The molecule has 21 heavy (non-hydrogen) atoms. The number of imidazole rings is 1. The van der Waals surface area contributed by atoms with E-state index in [9.17, 15) is 0 Å². The number of hydrogen-bond donors (Lipinski definition) is 1. The van der Waals surface area contributed by atoms with Crippen LogP contribution in [0.15, 0.2) is 18.2 Å². The van der Waals surface area contributed by atoms with Gasteiger partial charge in [-0.3, -0.25) is 4.90 Å². The molecule has 4 nitrogen and oxygen atoms in total. The summed E-state index contributed by atoms with van der Waals surface area (Å²) in [6, 6.07) is 6.59. The summed E-state index contributed by atoms with van der Waals surface area (Å²) in [5.41, 5.74) is 9.43. The van der Waals surface area contributed by atoms with E-state index in [1.807, 2.05) is 0 Å². The minimum atomic E-state index is 0.645. The number of unbranched alkanes of at least 4 members (excludes halogenated alkanes) is 1. The maximum Gasteiger partial charge on any atom is 0.124 e. The lowest BCUT2D eigenvalue weighted by molar-refractivity contribution is 0.308. The molecule has 2 aromatic rings. The van der Waals surface area contributed by atoms with Crippen LogP contribution in [0.2, 0.25) is 0 Å². The van der Waals surface area contributed by atoms with Crippen LogP contribution in [-0.2, 0) is 19.5 Å². The molecule has 1 heterocycles. The van der Waals surface area contributed by atoms with E-state index in [1.54, 1.807) is 0 Å². The minimum Gasteiger partial charge on any atom is -0.329 e. The molecular weight excluding hydrogens is 260 g/mol. The Hall–Kier alpha value is -1.39. The fraction of sp³-hybridized carbons (Fsp3) is 0.588. The van der Waals surface area contributed by atoms with Gasteiger partial charge in [-0.05, 0) is 44.1 Å². The van der Waals surface area contributed by atoms with Crippen LogP contribution in [0.5, 0.6) is 0 Å². The van der Waals surface area contributed by atoms with E-state index in [0.717, 1.165) is 37.4 Å². The molecule has 2 rings (SSSR count). The summed E-state index contributed by atoms with van der Waals surface area (Å²) in [5.74, 6) is 1.13. The van der Waals surface area contributed by atoms with Gasteiger partial charge in [0.25, 0.3) is 0 Å². The van der Waals surface area contributed by atoms with E-state index in [-0.39, 0.29) is 0 Å². The van der Waals surface area contributed by atoms with E-state index in [0.29, 0.717) is 6.54 Å². The molecule has 0 saturated heterocycles. The third-order valence-corrected chi connectivity index (χ3v) is 3.96. The largest absolute Gasteiger partial charge is 0.329 e. The second-order valence-electron chi connectivity index (χ2n) is 5.74. The first-order valence-corrected chi connectivity index (χ1v) is 8.06. The highest BCUT2D eigenvalue weighted by Gasteiger charge is 2.12. The molecule has 0 atom stereocenters. The summed E-state index contributed by atoms with van der Waals surface area (Å²) in [6.07, 6.45) is 3.50. The summed E-state index contributed by atoms with van der Waals surface area (Å²) in [4.78, 5) is 7.20. The smallest absolute Gasteiger partial charge is 0.124 e. The third-order valence-electron chi connectivity index (χ3n) is 3.96. The number of benzene rings is 1. The van der Waals surface area contributed by atoms with Crippen molar-refractivity contribution in [3.8, 4) is 0 Å². The van der Waals surface area contributed by atoms with Gasteiger partial charge in [0.2, 0.25) is 0 Å². The van der Waals surface area contributed by atoms with Gasteiger partial charge >= 0.3 is 0 Å². The van der Waals surface area contributed by atoms with Gasteiger partial charge in [0.05, 0.1) is 17.6 Å². The van der Waals surface area contributed by atoms with Crippen LogP contribution >= 0.6 is 0 Å². The molecule has 116 valence electrons. The molecule has 1 aromatic carbocycles. The van der Waals surface area contributed by atoms with Gasteiger partial charge in [0, 0.05) is 13.1 Å².